The molecule has 0 atom stereocenters. The zero-order valence-electron chi connectivity index (χ0n) is 16.2. The second-order valence-electron chi connectivity index (χ2n) is 7.31. The van der Waals surface area contributed by atoms with Crippen molar-refractivity contribution < 1.29 is 18.0 Å². The summed E-state index contributed by atoms with van der Waals surface area (Å²) >= 11 is 1.55. The van der Waals surface area contributed by atoms with E-state index in [0.29, 0.717) is 18.5 Å². The van der Waals surface area contributed by atoms with Crippen LogP contribution in [0.5, 0.6) is 0 Å². The molecule has 1 fully saturated rings. The summed E-state index contributed by atoms with van der Waals surface area (Å²) in [5.74, 6) is 5.15. The van der Waals surface area contributed by atoms with Crippen LogP contribution in [0.3, 0.4) is 0 Å². The molecule has 0 unspecified atom stereocenters. The Morgan fingerprint density at radius 2 is 1.90 bits per heavy atom. The molecule has 8 heteroatoms. The molecule has 0 bridgehead atoms. The average molecular weight is 449 g/mol. The number of thiophene rings is 1. The molecule has 1 aliphatic carbocycles. The Morgan fingerprint density at radius 3 is 2.65 bits per heavy atom. The van der Waals surface area contributed by atoms with E-state index in [1.165, 1.54) is 18.2 Å². The van der Waals surface area contributed by atoms with Gasteiger partial charge in [0, 0.05) is 22.9 Å². The van der Waals surface area contributed by atoms with E-state index in [-0.39, 0.29) is 22.1 Å². The van der Waals surface area contributed by atoms with Gasteiger partial charge in [-0.25, -0.2) is 12.7 Å². The molecule has 2 heterocycles. The van der Waals surface area contributed by atoms with Crippen LogP contribution in [-0.2, 0) is 10.0 Å². The van der Waals surface area contributed by atoms with E-state index < -0.39 is 21.8 Å². The van der Waals surface area contributed by atoms with E-state index >= 15 is 0 Å². The highest BCUT2D eigenvalue weighted by Crippen LogP contribution is 2.39. The van der Waals surface area contributed by atoms with Crippen LogP contribution in [0.1, 0.15) is 44.0 Å². The lowest BCUT2D eigenvalue weighted by Gasteiger charge is -2.13. The van der Waals surface area contributed by atoms with Crippen LogP contribution >= 0.6 is 11.3 Å². The fourth-order valence-corrected chi connectivity index (χ4v) is 5.83. The fourth-order valence-electron chi connectivity index (χ4n) is 3.42. The molecule has 2 amide bonds. The maximum atomic E-state index is 12.8. The standard InChI is InChI=1S/C23H16N2O4S2/c26-22(24-17-4-1-3-15(13-17)6-10-19-5-2-12-30-19)16-7-11-20-21(14-16)31(28,29)25(23(20)27)18-8-9-18/h1-5,7,11-14,18H,8-9H2,(H,24,26). The van der Waals surface area contributed by atoms with Gasteiger partial charge < -0.3 is 5.32 Å². The summed E-state index contributed by atoms with van der Waals surface area (Å²) in [6, 6.07) is 14.9. The summed E-state index contributed by atoms with van der Waals surface area (Å²) in [6.07, 6.45) is 1.36. The molecule has 0 radical (unpaired) electrons. The van der Waals surface area contributed by atoms with Gasteiger partial charge in [-0.1, -0.05) is 24.0 Å². The molecule has 1 aromatic heterocycles. The first-order valence-corrected chi connectivity index (χ1v) is 12.0. The molecule has 0 spiro atoms. The van der Waals surface area contributed by atoms with E-state index in [0.717, 1.165) is 14.7 Å². The quantitative estimate of drug-likeness (QED) is 0.619. The third kappa shape index (κ3) is 3.63. The molecule has 31 heavy (non-hydrogen) atoms. The minimum Gasteiger partial charge on any atom is -0.322 e. The van der Waals surface area contributed by atoms with Crippen molar-refractivity contribution in [3.8, 4) is 11.8 Å². The van der Waals surface area contributed by atoms with Crippen molar-refractivity contribution in [3.05, 3.63) is 81.5 Å². The number of rotatable bonds is 3. The van der Waals surface area contributed by atoms with Crippen molar-refractivity contribution in [1.29, 1.82) is 0 Å². The van der Waals surface area contributed by atoms with Crippen LogP contribution < -0.4 is 5.32 Å². The Hall–Kier alpha value is -3.41. The van der Waals surface area contributed by atoms with Crippen LogP contribution in [0.2, 0.25) is 0 Å². The Labute approximate surface area is 183 Å². The number of carbonyl (C=O) groups is 2. The first-order chi connectivity index (χ1) is 14.9. The predicted molar refractivity (Wildman–Crippen MR) is 118 cm³/mol. The summed E-state index contributed by atoms with van der Waals surface area (Å²) in [4.78, 5) is 26.1. The molecular weight excluding hydrogens is 432 g/mol. The fraction of sp³-hybridized carbons (Fsp3) is 0.130. The molecule has 1 N–H and O–H groups in total. The van der Waals surface area contributed by atoms with Crippen LogP contribution in [-0.4, -0.2) is 30.6 Å². The number of nitrogens with one attached hydrogen (secondary N) is 1. The minimum atomic E-state index is -3.91. The number of fused-ring (bicyclic) bond motifs is 1. The van der Waals surface area contributed by atoms with Crippen molar-refractivity contribution in [1.82, 2.24) is 4.31 Å². The highest BCUT2D eigenvalue weighted by atomic mass is 32.2. The van der Waals surface area contributed by atoms with Gasteiger partial charge >= 0.3 is 0 Å². The van der Waals surface area contributed by atoms with Gasteiger partial charge in [0.25, 0.3) is 21.8 Å². The van der Waals surface area contributed by atoms with Crippen LogP contribution in [0, 0.1) is 11.8 Å². The number of nitrogens with zero attached hydrogens (tertiary/aromatic N) is 1. The topological polar surface area (TPSA) is 83.6 Å². The molecule has 1 aliphatic heterocycles. The van der Waals surface area contributed by atoms with Crippen molar-refractivity contribution in [3.63, 3.8) is 0 Å². The van der Waals surface area contributed by atoms with Crippen molar-refractivity contribution in [2.24, 2.45) is 0 Å². The number of anilines is 1. The summed E-state index contributed by atoms with van der Waals surface area (Å²) in [5, 5.41) is 4.72. The molecule has 6 nitrogen and oxygen atoms in total. The maximum Gasteiger partial charge on any atom is 0.269 e. The Morgan fingerprint density at radius 1 is 1.06 bits per heavy atom. The number of sulfonamides is 1. The summed E-state index contributed by atoms with van der Waals surface area (Å²) in [5.41, 5.74) is 1.58. The number of benzene rings is 2. The molecule has 5 rings (SSSR count). The zero-order chi connectivity index (χ0) is 21.6. The van der Waals surface area contributed by atoms with Gasteiger partial charge in [-0.3, -0.25) is 9.59 Å². The van der Waals surface area contributed by atoms with E-state index in [9.17, 15) is 18.0 Å². The van der Waals surface area contributed by atoms with Gasteiger partial charge in [-0.05, 0) is 60.7 Å². The summed E-state index contributed by atoms with van der Waals surface area (Å²) in [6.45, 7) is 0. The lowest BCUT2D eigenvalue weighted by atomic mass is 10.1. The first kappa shape index (κ1) is 19.5. The smallest absolute Gasteiger partial charge is 0.269 e. The van der Waals surface area contributed by atoms with Crippen LogP contribution in [0.25, 0.3) is 0 Å². The summed E-state index contributed by atoms with van der Waals surface area (Å²) < 4.78 is 26.5. The van der Waals surface area contributed by atoms with Gasteiger partial charge in [0.2, 0.25) is 0 Å². The van der Waals surface area contributed by atoms with E-state index in [4.69, 9.17) is 0 Å². The first-order valence-electron chi connectivity index (χ1n) is 9.63. The normalized spacial score (nSPS) is 16.4. The second-order valence-corrected chi connectivity index (χ2v) is 10.0. The van der Waals surface area contributed by atoms with Crippen LogP contribution in [0.15, 0.2) is 64.9 Å². The van der Waals surface area contributed by atoms with E-state index in [1.807, 2.05) is 23.6 Å². The monoisotopic (exact) mass is 448 g/mol. The number of carbonyl (C=O) groups excluding carboxylic acids is 2. The Kier molecular flexibility index (Phi) is 4.65. The summed E-state index contributed by atoms with van der Waals surface area (Å²) in [7, 11) is -3.91. The molecule has 0 saturated heterocycles. The highest BCUT2D eigenvalue weighted by Gasteiger charge is 2.48. The molecule has 1 saturated carbocycles. The lowest BCUT2D eigenvalue weighted by Crippen LogP contribution is -2.31. The van der Waals surface area contributed by atoms with E-state index in [1.54, 1.807) is 29.5 Å². The molecule has 2 aliphatic rings. The number of hydrogen-bond acceptors (Lipinski definition) is 5. The molecule has 2 aromatic carbocycles. The second kappa shape index (κ2) is 7.38. The average Bonchev–Trinajstić information content (AvgIpc) is 3.38. The van der Waals surface area contributed by atoms with Crippen molar-refractivity contribution in [2.45, 2.75) is 23.8 Å². The molecular formula is C23H16N2O4S2. The SMILES string of the molecule is O=C(Nc1cccc(C#Cc2cccs2)c1)c1ccc2c(c1)S(=O)(=O)N(C1CC1)C2=O. The Bertz CT molecular complexity index is 1380. The van der Waals surface area contributed by atoms with Crippen LogP contribution in [0.4, 0.5) is 5.69 Å². The highest BCUT2D eigenvalue weighted by molar-refractivity contribution is 7.90. The Balaban J connectivity index is 1.38. The van der Waals surface area contributed by atoms with Gasteiger partial charge in [0.05, 0.1) is 10.4 Å². The molecule has 3 aromatic rings. The van der Waals surface area contributed by atoms with Crippen molar-refractivity contribution >= 4 is 38.9 Å². The minimum absolute atomic E-state index is 0.104. The van der Waals surface area contributed by atoms with Crippen molar-refractivity contribution in [2.75, 3.05) is 5.32 Å². The molecule has 154 valence electrons. The maximum absolute atomic E-state index is 12.8. The lowest BCUT2D eigenvalue weighted by molar-refractivity contribution is 0.0864. The van der Waals surface area contributed by atoms with Gasteiger partial charge in [-0.15, -0.1) is 11.3 Å². The predicted octanol–water partition coefficient (Wildman–Crippen LogP) is 3.71. The largest absolute Gasteiger partial charge is 0.322 e. The van der Waals surface area contributed by atoms with E-state index in [2.05, 4.69) is 17.2 Å². The van der Waals surface area contributed by atoms with Gasteiger partial charge in [-0.2, -0.15) is 0 Å². The number of hydrogen-bond donors (Lipinski definition) is 1. The third-order valence-electron chi connectivity index (χ3n) is 5.06. The van der Waals surface area contributed by atoms with Gasteiger partial charge in [0.15, 0.2) is 0 Å². The number of amides is 2. The zero-order valence-corrected chi connectivity index (χ0v) is 17.8. The third-order valence-corrected chi connectivity index (χ3v) is 7.72. The van der Waals surface area contributed by atoms with Gasteiger partial charge in [0.1, 0.15) is 4.90 Å².